The van der Waals surface area contributed by atoms with Crippen LogP contribution < -0.4 is 5.48 Å². The lowest BCUT2D eigenvalue weighted by Gasteiger charge is -2.12. The van der Waals surface area contributed by atoms with Crippen LogP contribution in [0.15, 0.2) is 30.3 Å². The fraction of sp³-hybridized carbons (Fsp3) is 0.400. The highest BCUT2D eigenvalue weighted by molar-refractivity contribution is 5.15. The second kappa shape index (κ2) is 6.10. The third-order valence-corrected chi connectivity index (χ3v) is 1.98. The predicted octanol–water partition coefficient (Wildman–Crippen LogP) is 1.03. The van der Waals surface area contributed by atoms with Crippen LogP contribution in [0.1, 0.15) is 5.56 Å². The van der Waals surface area contributed by atoms with Crippen LogP contribution in [-0.4, -0.2) is 24.6 Å². The molecule has 82 valence electrons. The molecular formula is C10H14N2O3. The average molecular weight is 210 g/mol. The fourth-order valence-electron chi connectivity index (χ4n) is 1.39. The normalized spacial score (nSPS) is 12.3. The van der Waals surface area contributed by atoms with Crippen molar-refractivity contribution in [2.45, 2.75) is 12.5 Å². The van der Waals surface area contributed by atoms with Crippen molar-refractivity contribution in [2.24, 2.45) is 0 Å². The molecule has 0 aromatic heterocycles. The van der Waals surface area contributed by atoms with Gasteiger partial charge in [0, 0.05) is 4.92 Å². The number of hydroxylamine groups is 1. The number of nitrogens with one attached hydrogen (secondary N) is 1. The molecule has 1 N–H and O–H groups in total. The molecule has 0 bridgehead atoms. The van der Waals surface area contributed by atoms with Crippen molar-refractivity contribution in [3.8, 4) is 0 Å². The maximum atomic E-state index is 10.4. The quantitative estimate of drug-likeness (QED) is 0.562. The lowest BCUT2D eigenvalue weighted by atomic mass is 10.1. The monoisotopic (exact) mass is 210 g/mol. The van der Waals surface area contributed by atoms with E-state index in [0.717, 1.165) is 5.56 Å². The summed E-state index contributed by atoms with van der Waals surface area (Å²) in [5, 5.41) is 10.4. The maximum absolute atomic E-state index is 10.4. The van der Waals surface area contributed by atoms with Crippen molar-refractivity contribution in [3.05, 3.63) is 46.0 Å². The summed E-state index contributed by atoms with van der Waals surface area (Å²) in [5.41, 5.74) is 3.67. The Morgan fingerprint density at radius 1 is 1.47 bits per heavy atom. The largest absolute Gasteiger partial charge is 0.305 e. The van der Waals surface area contributed by atoms with Crippen molar-refractivity contribution in [1.82, 2.24) is 5.48 Å². The minimum absolute atomic E-state index is 0.150. The Bertz CT molecular complexity index is 303. The van der Waals surface area contributed by atoms with Gasteiger partial charge in [-0.25, -0.2) is 0 Å². The maximum Gasteiger partial charge on any atom is 0.221 e. The first kappa shape index (κ1) is 11.6. The lowest BCUT2D eigenvalue weighted by Crippen LogP contribution is -2.36. The van der Waals surface area contributed by atoms with Crippen LogP contribution >= 0.6 is 0 Å². The van der Waals surface area contributed by atoms with E-state index in [1.165, 1.54) is 7.11 Å². The second-order valence-electron chi connectivity index (χ2n) is 3.22. The molecule has 15 heavy (non-hydrogen) atoms. The van der Waals surface area contributed by atoms with Crippen LogP contribution in [0.25, 0.3) is 0 Å². The van der Waals surface area contributed by atoms with Crippen LogP contribution in [0.4, 0.5) is 0 Å². The number of nitrogens with zero attached hydrogens (tertiary/aromatic N) is 1. The molecule has 5 nitrogen and oxygen atoms in total. The number of hydrogen-bond acceptors (Lipinski definition) is 4. The first-order valence-electron chi connectivity index (χ1n) is 4.66. The third kappa shape index (κ3) is 4.53. The fourth-order valence-corrected chi connectivity index (χ4v) is 1.39. The Morgan fingerprint density at radius 2 is 2.13 bits per heavy atom. The van der Waals surface area contributed by atoms with E-state index in [-0.39, 0.29) is 17.5 Å². The van der Waals surface area contributed by atoms with Gasteiger partial charge in [0.2, 0.25) is 6.54 Å². The summed E-state index contributed by atoms with van der Waals surface area (Å²) >= 11 is 0. The lowest BCUT2D eigenvalue weighted by molar-refractivity contribution is -0.485. The molecule has 1 unspecified atom stereocenters. The van der Waals surface area contributed by atoms with E-state index in [4.69, 9.17) is 4.84 Å². The molecule has 1 aromatic rings. The van der Waals surface area contributed by atoms with E-state index < -0.39 is 0 Å². The summed E-state index contributed by atoms with van der Waals surface area (Å²) in [5.74, 6) is 0. The van der Waals surface area contributed by atoms with E-state index in [2.05, 4.69) is 5.48 Å². The van der Waals surface area contributed by atoms with Crippen LogP contribution in [-0.2, 0) is 11.3 Å². The van der Waals surface area contributed by atoms with E-state index in [1.54, 1.807) is 0 Å². The molecule has 0 amide bonds. The molecule has 0 spiro atoms. The number of nitro groups is 1. The Kier molecular flexibility index (Phi) is 4.73. The van der Waals surface area contributed by atoms with Gasteiger partial charge in [-0.1, -0.05) is 30.3 Å². The molecule has 0 saturated heterocycles. The summed E-state index contributed by atoms with van der Waals surface area (Å²) in [6.07, 6.45) is 0.579. The molecule has 5 heteroatoms. The van der Waals surface area contributed by atoms with Crippen LogP contribution in [0.2, 0.25) is 0 Å². The average Bonchev–Trinajstić information content (AvgIpc) is 2.18. The zero-order valence-electron chi connectivity index (χ0n) is 8.55. The van der Waals surface area contributed by atoms with Gasteiger partial charge in [-0.3, -0.25) is 10.1 Å². The minimum Gasteiger partial charge on any atom is -0.305 e. The van der Waals surface area contributed by atoms with Gasteiger partial charge in [-0.2, -0.15) is 5.48 Å². The van der Waals surface area contributed by atoms with Crippen LogP contribution in [0.5, 0.6) is 0 Å². The summed E-state index contributed by atoms with van der Waals surface area (Å²) in [4.78, 5) is 14.8. The Morgan fingerprint density at radius 3 is 2.67 bits per heavy atom. The second-order valence-corrected chi connectivity index (χ2v) is 3.22. The molecule has 1 aromatic carbocycles. The van der Waals surface area contributed by atoms with E-state index in [1.807, 2.05) is 30.3 Å². The smallest absolute Gasteiger partial charge is 0.221 e. The highest BCUT2D eigenvalue weighted by atomic mass is 16.6. The SMILES string of the molecule is CONC(Cc1ccccc1)C[N+](=O)[O-]. The molecule has 0 aliphatic heterocycles. The van der Waals surface area contributed by atoms with E-state index in [9.17, 15) is 10.1 Å². The van der Waals surface area contributed by atoms with Gasteiger partial charge >= 0.3 is 0 Å². The van der Waals surface area contributed by atoms with Gasteiger partial charge in [-0.05, 0) is 12.0 Å². The number of hydrogen-bond donors (Lipinski definition) is 1. The molecule has 1 atom stereocenters. The number of benzene rings is 1. The molecule has 0 fully saturated rings. The highest BCUT2D eigenvalue weighted by Crippen LogP contribution is 2.03. The Hall–Kier alpha value is -1.46. The van der Waals surface area contributed by atoms with Gasteiger partial charge in [0.25, 0.3) is 0 Å². The topological polar surface area (TPSA) is 64.4 Å². The first-order chi connectivity index (χ1) is 7.22. The molecular weight excluding hydrogens is 196 g/mol. The first-order valence-corrected chi connectivity index (χ1v) is 4.66. The molecule has 0 aliphatic carbocycles. The van der Waals surface area contributed by atoms with Crippen LogP contribution in [0, 0.1) is 10.1 Å². The van der Waals surface area contributed by atoms with Crippen molar-refractivity contribution in [1.29, 1.82) is 0 Å². The highest BCUT2D eigenvalue weighted by Gasteiger charge is 2.15. The summed E-state index contributed by atoms with van der Waals surface area (Å²) in [6, 6.07) is 9.30. The molecule has 1 rings (SSSR count). The standard InChI is InChI=1S/C10H14N2O3/c1-15-11-10(8-12(13)14)7-9-5-3-2-4-6-9/h2-6,10-11H,7-8H2,1H3. The van der Waals surface area contributed by atoms with E-state index in [0.29, 0.717) is 6.42 Å². The summed E-state index contributed by atoms with van der Waals surface area (Å²) in [7, 11) is 1.46. The number of rotatable bonds is 6. The van der Waals surface area contributed by atoms with Gasteiger partial charge in [-0.15, -0.1) is 0 Å². The molecule has 0 saturated carbocycles. The van der Waals surface area contributed by atoms with Crippen molar-refractivity contribution in [3.63, 3.8) is 0 Å². The zero-order valence-corrected chi connectivity index (χ0v) is 8.55. The third-order valence-electron chi connectivity index (χ3n) is 1.98. The summed E-state index contributed by atoms with van der Waals surface area (Å²) in [6.45, 7) is -0.150. The van der Waals surface area contributed by atoms with E-state index >= 15 is 0 Å². The minimum atomic E-state index is -0.348. The van der Waals surface area contributed by atoms with Gasteiger partial charge < -0.3 is 4.84 Å². The Balaban J connectivity index is 2.54. The molecule has 0 aliphatic rings. The predicted molar refractivity (Wildman–Crippen MR) is 55.9 cm³/mol. The molecule has 0 radical (unpaired) electrons. The van der Waals surface area contributed by atoms with Crippen molar-refractivity contribution in [2.75, 3.05) is 13.7 Å². The van der Waals surface area contributed by atoms with Gasteiger partial charge in [0.05, 0.1) is 7.11 Å². The van der Waals surface area contributed by atoms with Gasteiger partial charge in [0.15, 0.2) is 0 Å². The zero-order chi connectivity index (χ0) is 11.1. The summed E-state index contributed by atoms with van der Waals surface area (Å²) < 4.78 is 0. The van der Waals surface area contributed by atoms with Gasteiger partial charge in [0.1, 0.15) is 6.04 Å². The van der Waals surface area contributed by atoms with Crippen molar-refractivity contribution < 1.29 is 9.76 Å². The van der Waals surface area contributed by atoms with Crippen molar-refractivity contribution >= 4 is 0 Å². The molecule has 0 heterocycles. The van der Waals surface area contributed by atoms with Crippen LogP contribution in [0.3, 0.4) is 0 Å². The Labute approximate surface area is 88.2 Å².